The van der Waals surface area contributed by atoms with Gasteiger partial charge in [0.25, 0.3) is 5.91 Å². The minimum atomic E-state index is -3.06. The highest BCUT2D eigenvalue weighted by atomic mass is 32.2. The lowest BCUT2D eigenvalue weighted by Gasteiger charge is -2.31. The second kappa shape index (κ2) is 8.23. The van der Waals surface area contributed by atoms with Crippen molar-refractivity contribution in [2.45, 2.75) is 30.7 Å². The first kappa shape index (κ1) is 22.3. The molecule has 6 nitrogen and oxygen atoms in total. The number of thioether (sulfide) groups is 1. The van der Waals surface area contributed by atoms with Crippen LogP contribution in [0, 0.1) is 24.5 Å². The molecule has 12 heteroatoms. The number of rotatable bonds is 6. The summed E-state index contributed by atoms with van der Waals surface area (Å²) in [5.41, 5.74) is 3.70. The van der Waals surface area contributed by atoms with E-state index in [1.165, 1.54) is 24.8 Å². The Kier molecular flexibility index (Phi) is 5.74. The maximum atomic E-state index is 14.7. The Morgan fingerprint density at radius 3 is 2.78 bits per heavy atom. The van der Waals surface area contributed by atoms with Gasteiger partial charge in [0.2, 0.25) is 0 Å². The normalized spacial score (nSPS) is 24.0. The summed E-state index contributed by atoms with van der Waals surface area (Å²) >= 11 is 1.27. The lowest BCUT2D eigenvalue weighted by Crippen LogP contribution is -2.37. The van der Waals surface area contributed by atoms with Gasteiger partial charge in [0, 0.05) is 28.5 Å². The number of hydrogen-bond donors (Lipinski definition) is 2. The quantitative estimate of drug-likeness (QED) is 0.617. The average molecular weight is 472 g/mol. The Bertz CT molecular complexity index is 1120. The summed E-state index contributed by atoms with van der Waals surface area (Å²) in [5, 5.41) is 2.43. The topological polar surface area (TPSA) is 89.6 Å². The smallest absolute Gasteiger partial charge is 0.387 e. The third kappa shape index (κ3) is 3.98. The first-order valence-corrected chi connectivity index (χ1v) is 10.3. The first-order chi connectivity index (χ1) is 15.1. The van der Waals surface area contributed by atoms with Crippen LogP contribution >= 0.6 is 11.8 Å². The van der Waals surface area contributed by atoms with Crippen molar-refractivity contribution in [3.05, 3.63) is 52.9 Å². The number of ether oxygens (including phenoxy) is 1. The number of aromatic nitrogens is 1. The molecule has 1 fully saturated rings. The van der Waals surface area contributed by atoms with E-state index in [1.54, 1.807) is 0 Å². The summed E-state index contributed by atoms with van der Waals surface area (Å²) in [5.74, 6) is -3.95. The predicted octanol–water partition coefficient (Wildman–Crippen LogP) is 4.14. The van der Waals surface area contributed by atoms with Crippen LogP contribution in [0.5, 0.6) is 5.75 Å². The zero-order valence-electron chi connectivity index (χ0n) is 16.5. The number of hydrogen-bond acceptors (Lipinski definition) is 6. The van der Waals surface area contributed by atoms with Crippen LogP contribution in [0.15, 0.2) is 29.4 Å². The van der Waals surface area contributed by atoms with E-state index >= 15 is 0 Å². The molecule has 1 aliphatic heterocycles. The van der Waals surface area contributed by atoms with Gasteiger partial charge in [-0.15, -0.1) is 0 Å². The second-order valence-corrected chi connectivity index (χ2v) is 8.75. The third-order valence-corrected chi connectivity index (χ3v) is 6.53. The number of nitrogens with zero attached hydrogens (tertiary/aromatic N) is 2. The van der Waals surface area contributed by atoms with Crippen LogP contribution < -0.4 is 15.8 Å². The lowest BCUT2D eigenvalue weighted by atomic mass is 9.85. The van der Waals surface area contributed by atoms with Crippen molar-refractivity contribution in [3.63, 3.8) is 0 Å². The van der Waals surface area contributed by atoms with Gasteiger partial charge < -0.3 is 15.8 Å². The van der Waals surface area contributed by atoms with Gasteiger partial charge in [-0.1, -0.05) is 11.8 Å². The number of amidine groups is 1. The van der Waals surface area contributed by atoms with Crippen LogP contribution in [0.4, 0.5) is 27.6 Å². The van der Waals surface area contributed by atoms with Crippen molar-refractivity contribution in [2.24, 2.45) is 16.6 Å². The van der Waals surface area contributed by atoms with E-state index in [0.717, 1.165) is 18.3 Å². The fourth-order valence-corrected chi connectivity index (χ4v) is 5.07. The Morgan fingerprint density at radius 2 is 2.12 bits per heavy atom. The van der Waals surface area contributed by atoms with Crippen molar-refractivity contribution in [2.75, 3.05) is 12.0 Å². The molecular weight excluding hydrogens is 455 g/mol. The van der Waals surface area contributed by atoms with Gasteiger partial charge in [-0.3, -0.25) is 4.79 Å². The van der Waals surface area contributed by atoms with Crippen LogP contribution in [-0.4, -0.2) is 34.6 Å². The number of pyridine rings is 1. The molecule has 1 aliphatic carbocycles. The highest BCUT2D eigenvalue weighted by molar-refractivity contribution is 8.14. The molecule has 32 heavy (non-hydrogen) atoms. The molecule has 3 N–H and O–H groups in total. The van der Waals surface area contributed by atoms with E-state index in [-0.39, 0.29) is 44.6 Å². The Morgan fingerprint density at radius 1 is 1.38 bits per heavy atom. The van der Waals surface area contributed by atoms with E-state index < -0.39 is 36.4 Å². The minimum Gasteiger partial charge on any atom is -0.433 e. The number of alkyl halides is 3. The molecule has 2 heterocycles. The summed E-state index contributed by atoms with van der Waals surface area (Å²) in [6.07, 6.45) is 1.49. The number of nitrogens with two attached hydrogens (primary N) is 1. The number of halogens is 5. The zero-order valence-corrected chi connectivity index (χ0v) is 17.4. The van der Waals surface area contributed by atoms with Crippen molar-refractivity contribution >= 4 is 28.5 Å². The van der Waals surface area contributed by atoms with Gasteiger partial charge in [-0.05, 0) is 31.0 Å². The van der Waals surface area contributed by atoms with Gasteiger partial charge >= 0.3 is 6.61 Å². The Hall–Kier alpha value is -2.89. The van der Waals surface area contributed by atoms with Crippen molar-refractivity contribution in [1.82, 2.24) is 4.98 Å². The molecule has 0 radical (unpaired) electrons. The number of amides is 1. The molecule has 0 saturated heterocycles. The summed E-state index contributed by atoms with van der Waals surface area (Å²) in [7, 11) is 0. The molecule has 0 bridgehead atoms. The molecule has 2 unspecified atom stereocenters. The molecule has 0 spiro atoms. The number of anilines is 1. The molecule has 1 aromatic heterocycles. The maximum absolute atomic E-state index is 14.7. The largest absolute Gasteiger partial charge is 0.433 e. The molecule has 2 aliphatic rings. The number of carbonyl (C=O) groups excluding carboxylic acids is 1. The van der Waals surface area contributed by atoms with E-state index in [0.29, 0.717) is 6.42 Å². The van der Waals surface area contributed by atoms with E-state index in [9.17, 15) is 26.7 Å². The van der Waals surface area contributed by atoms with Gasteiger partial charge in [-0.25, -0.2) is 23.1 Å². The summed E-state index contributed by atoms with van der Waals surface area (Å²) in [6.45, 7) is -2.70. The number of fused-ring (bicyclic) bond motifs is 1. The van der Waals surface area contributed by atoms with Crippen molar-refractivity contribution in [3.8, 4) is 5.75 Å². The van der Waals surface area contributed by atoms with Gasteiger partial charge in [0.15, 0.2) is 16.8 Å². The van der Waals surface area contributed by atoms with E-state index in [2.05, 4.69) is 20.0 Å². The number of nitrogens with one attached hydrogen (secondary N) is 1. The standard InChI is InChI=1S/C20H17F5N4O2S/c1-8-2-10(31-18(24)25)6-27-16(8)17(30)28-9-3-12(15(23)13(22)4-9)20(7-21)11-5-14(11)32-19(26)29-20/h2-4,6,11,14,18H,5,7H2,1H3,(H2,26,29)(H,28,30)/t11?,14?,20-/m0/s1. The Balaban J connectivity index is 1.66. The number of aryl methyl sites for hydroxylation is 1. The highest BCUT2D eigenvalue weighted by Crippen LogP contribution is 2.58. The summed E-state index contributed by atoms with van der Waals surface area (Å²) in [4.78, 5) is 20.5. The number of benzene rings is 1. The predicted molar refractivity (Wildman–Crippen MR) is 109 cm³/mol. The van der Waals surface area contributed by atoms with Gasteiger partial charge in [0.1, 0.15) is 23.7 Å². The lowest BCUT2D eigenvalue weighted by molar-refractivity contribution is -0.0501. The summed E-state index contributed by atoms with van der Waals surface area (Å²) in [6, 6.07) is 3.07. The van der Waals surface area contributed by atoms with Gasteiger partial charge in [-0.2, -0.15) is 8.78 Å². The molecule has 1 aromatic carbocycles. The molecule has 2 aromatic rings. The molecule has 170 valence electrons. The zero-order chi connectivity index (χ0) is 23.2. The molecule has 1 saturated carbocycles. The number of aliphatic imine (C=N–C) groups is 1. The monoisotopic (exact) mass is 472 g/mol. The first-order valence-electron chi connectivity index (χ1n) is 9.45. The maximum Gasteiger partial charge on any atom is 0.387 e. The van der Waals surface area contributed by atoms with Crippen LogP contribution in [-0.2, 0) is 5.54 Å². The molecular formula is C20H17F5N4O2S. The second-order valence-electron chi connectivity index (χ2n) is 7.50. The highest BCUT2D eigenvalue weighted by Gasteiger charge is 2.58. The van der Waals surface area contributed by atoms with Crippen LogP contribution in [0.2, 0.25) is 0 Å². The molecule has 4 rings (SSSR count). The van der Waals surface area contributed by atoms with Gasteiger partial charge in [0.05, 0.1) is 6.20 Å². The van der Waals surface area contributed by atoms with Crippen LogP contribution in [0.3, 0.4) is 0 Å². The Labute approximate surface area is 183 Å². The number of carbonyl (C=O) groups is 1. The minimum absolute atomic E-state index is 0.0372. The third-order valence-electron chi connectivity index (χ3n) is 5.38. The fraction of sp³-hybridized carbons (Fsp3) is 0.350. The summed E-state index contributed by atoms with van der Waals surface area (Å²) < 4.78 is 72.2. The molecule has 3 atom stereocenters. The van der Waals surface area contributed by atoms with E-state index in [1.807, 2.05) is 0 Å². The van der Waals surface area contributed by atoms with Crippen molar-refractivity contribution < 1.29 is 31.5 Å². The molecule has 1 amide bonds. The van der Waals surface area contributed by atoms with Crippen LogP contribution in [0.25, 0.3) is 0 Å². The van der Waals surface area contributed by atoms with E-state index in [4.69, 9.17) is 5.73 Å². The SMILES string of the molecule is Cc1cc(OC(F)F)cnc1C(=O)Nc1cc(F)c(F)c([C@@]2(CF)N=C(N)SC3CC32)c1. The van der Waals surface area contributed by atoms with Crippen molar-refractivity contribution in [1.29, 1.82) is 0 Å². The average Bonchev–Trinajstić information content (AvgIpc) is 3.49. The fourth-order valence-electron chi connectivity index (χ4n) is 3.85. The van der Waals surface area contributed by atoms with Crippen LogP contribution in [0.1, 0.15) is 28.0 Å².